The van der Waals surface area contributed by atoms with E-state index in [2.05, 4.69) is 15.9 Å². The van der Waals surface area contributed by atoms with Crippen LogP contribution in [0.25, 0.3) is 0 Å². The van der Waals surface area contributed by atoms with E-state index in [9.17, 15) is 5.11 Å². The maximum atomic E-state index is 9.97. The molecular formula is C15H15BrO2. The highest BCUT2D eigenvalue weighted by Gasteiger charge is 2.08. The maximum absolute atomic E-state index is 9.97. The molecule has 1 N–H and O–H groups in total. The van der Waals surface area contributed by atoms with Gasteiger partial charge < -0.3 is 9.84 Å². The summed E-state index contributed by atoms with van der Waals surface area (Å²) < 4.78 is 6.64. The van der Waals surface area contributed by atoms with Crippen molar-refractivity contribution in [3.8, 4) is 5.75 Å². The molecule has 0 amide bonds. The van der Waals surface area contributed by atoms with Crippen LogP contribution in [0, 0.1) is 6.92 Å². The van der Waals surface area contributed by atoms with Crippen molar-refractivity contribution in [1.29, 1.82) is 0 Å². The number of aliphatic hydroxyl groups is 1. The van der Waals surface area contributed by atoms with Gasteiger partial charge in [-0.1, -0.05) is 46.3 Å². The molecule has 0 spiro atoms. The van der Waals surface area contributed by atoms with Gasteiger partial charge in [0, 0.05) is 4.47 Å². The van der Waals surface area contributed by atoms with Crippen molar-refractivity contribution in [2.45, 2.75) is 13.0 Å². The molecule has 0 aliphatic heterocycles. The van der Waals surface area contributed by atoms with E-state index in [0.717, 1.165) is 21.3 Å². The first-order chi connectivity index (χ1) is 8.66. The quantitative estimate of drug-likeness (QED) is 0.929. The summed E-state index contributed by atoms with van der Waals surface area (Å²) in [5.74, 6) is 0.769. The molecule has 18 heavy (non-hydrogen) atoms. The first kappa shape index (κ1) is 13.1. The Hall–Kier alpha value is -1.32. The minimum atomic E-state index is -0.602. The molecule has 0 saturated carbocycles. The topological polar surface area (TPSA) is 29.5 Å². The average Bonchev–Trinajstić information content (AvgIpc) is 2.41. The molecule has 2 rings (SSSR count). The Kier molecular flexibility index (Phi) is 4.39. The van der Waals surface area contributed by atoms with Gasteiger partial charge in [0.15, 0.2) is 0 Å². The molecule has 94 valence electrons. The van der Waals surface area contributed by atoms with Crippen molar-refractivity contribution < 1.29 is 9.84 Å². The first-order valence-corrected chi connectivity index (χ1v) is 6.58. The number of hydrogen-bond acceptors (Lipinski definition) is 2. The number of ether oxygens (including phenoxy) is 1. The monoisotopic (exact) mass is 306 g/mol. The van der Waals surface area contributed by atoms with Crippen LogP contribution >= 0.6 is 15.9 Å². The van der Waals surface area contributed by atoms with E-state index < -0.39 is 6.10 Å². The molecule has 0 aliphatic carbocycles. The van der Waals surface area contributed by atoms with Crippen LogP contribution in [0.4, 0.5) is 0 Å². The molecule has 0 radical (unpaired) electrons. The number of benzene rings is 2. The molecule has 2 aromatic carbocycles. The van der Waals surface area contributed by atoms with Crippen LogP contribution in [-0.2, 0) is 0 Å². The molecule has 0 fully saturated rings. The predicted molar refractivity (Wildman–Crippen MR) is 75.8 cm³/mol. The number of rotatable bonds is 4. The fourth-order valence-corrected chi connectivity index (χ4v) is 1.90. The zero-order chi connectivity index (χ0) is 13.0. The van der Waals surface area contributed by atoms with Crippen molar-refractivity contribution in [2.24, 2.45) is 0 Å². The largest absolute Gasteiger partial charge is 0.491 e. The van der Waals surface area contributed by atoms with Crippen molar-refractivity contribution in [3.05, 3.63) is 64.1 Å². The smallest absolute Gasteiger partial charge is 0.119 e. The van der Waals surface area contributed by atoms with Gasteiger partial charge in [0.2, 0.25) is 0 Å². The van der Waals surface area contributed by atoms with Crippen LogP contribution in [0.2, 0.25) is 0 Å². The Morgan fingerprint density at radius 1 is 1.17 bits per heavy atom. The summed E-state index contributed by atoms with van der Waals surface area (Å²) in [6.45, 7) is 2.26. The van der Waals surface area contributed by atoms with E-state index in [1.807, 2.05) is 55.5 Å². The van der Waals surface area contributed by atoms with Crippen molar-refractivity contribution in [3.63, 3.8) is 0 Å². The van der Waals surface area contributed by atoms with Crippen molar-refractivity contribution >= 4 is 15.9 Å². The summed E-state index contributed by atoms with van der Waals surface area (Å²) in [6.07, 6.45) is -0.602. The third kappa shape index (κ3) is 3.34. The highest BCUT2D eigenvalue weighted by Crippen LogP contribution is 2.22. The first-order valence-electron chi connectivity index (χ1n) is 5.79. The Labute approximate surface area is 115 Å². The summed E-state index contributed by atoms with van der Waals surface area (Å²) in [5, 5.41) is 9.97. The van der Waals surface area contributed by atoms with Gasteiger partial charge in [-0.3, -0.25) is 0 Å². The number of halogens is 1. The van der Waals surface area contributed by atoms with Gasteiger partial charge in [-0.05, 0) is 36.2 Å². The van der Waals surface area contributed by atoms with Crippen molar-refractivity contribution in [2.75, 3.05) is 6.61 Å². The summed E-state index contributed by atoms with van der Waals surface area (Å²) in [4.78, 5) is 0. The standard InChI is InChI=1S/C15H15BrO2/c1-11-9-13(7-8-14(11)16)18-10-15(17)12-5-3-2-4-6-12/h2-9,15,17H,10H2,1H3. The number of hydrogen-bond donors (Lipinski definition) is 1. The summed E-state index contributed by atoms with van der Waals surface area (Å²) in [7, 11) is 0. The third-order valence-electron chi connectivity index (χ3n) is 2.72. The lowest BCUT2D eigenvalue weighted by molar-refractivity contribution is 0.108. The molecule has 1 atom stereocenters. The lowest BCUT2D eigenvalue weighted by Crippen LogP contribution is -2.09. The van der Waals surface area contributed by atoms with Crippen LogP contribution in [0.3, 0.4) is 0 Å². The molecule has 1 unspecified atom stereocenters. The van der Waals surface area contributed by atoms with Gasteiger partial charge in [0.05, 0.1) is 0 Å². The fourth-order valence-electron chi connectivity index (χ4n) is 1.65. The highest BCUT2D eigenvalue weighted by molar-refractivity contribution is 9.10. The minimum Gasteiger partial charge on any atom is -0.491 e. The summed E-state index contributed by atoms with van der Waals surface area (Å²) in [5.41, 5.74) is 1.98. The second-order valence-electron chi connectivity index (χ2n) is 4.15. The second kappa shape index (κ2) is 6.03. The van der Waals surface area contributed by atoms with Gasteiger partial charge in [0.25, 0.3) is 0 Å². The molecule has 0 saturated heterocycles. The van der Waals surface area contributed by atoms with Gasteiger partial charge in [-0.15, -0.1) is 0 Å². The Bertz CT molecular complexity index is 511. The van der Waals surface area contributed by atoms with Gasteiger partial charge in [-0.2, -0.15) is 0 Å². The molecular weight excluding hydrogens is 292 g/mol. The molecule has 3 heteroatoms. The van der Waals surface area contributed by atoms with Gasteiger partial charge >= 0.3 is 0 Å². The normalized spacial score (nSPS) is 12.2. The van der Waals surface area contributed by atoms with E-state index in [-0.39, 0.29) is 6.61 Å². The van der Waals surface area contributed by atoms with Crippen LogP contribution < -0.4 is 4.74 Å². The van der Waals surface area contributed by atoms with Crippen molar-refractivity contribution in [1.82, 2.24) is 0 Å². The van der Waals surface area contributed by atoms with E-state index in [0.29, 0.717) is 0 Å². The lowest BCUT2D eigenvalue weighted by Gasteiger charge is -2.13. The zero-order valence-electron chi connectivity index (χ0n) is 10.1. The number of aliphatic hydroxyl groups excluding tert-OH is 1. The summed E-state index contributed by atoms with van der Waals surface area (Å²) in [6, 6.07) is 15.3. The Morgan fingerprint density at radius 2 is 1.89 bits per heavy atom. The fraction of sp³-hybridized carbons (Fsp3) is 0.200. The SMILES string of the molecule is Cc1cc(OCC(O)c2ccccc2)ccc1Br. The van der Waals surface area contributed by atoms with Crippen LogP contribution in [0.1, 0.15) is 17.2 Å². The molecule has 0 heterocycles. The molecule has 0 aromatic heterocycles. The van der Waals surface area contributed by atoms with E-state index in [1.54, 1.807) is 0 Å². The second-order valence-corrected chi connectivity index (χ2v) is 5.00. The van der Waals surface area contributed by atoms with E-state index in [4.69, 9.17) is 4.74 Å². The minimum absolute atomic E-state index is 0.255. The van der Waals surface area contributed by atoms with Gasteiger partial charge in [0.1, 0.15) is 18.5 Å². The zero-order valence-corrected chi connectivity index (χ0v) is 11.7. The van der Waals surface area contributed by atoms with Crippen LogP contribution in [0.5, 0.6) is 5.75 Å². The predicted octanol–water partition coefficient (Wildman–Crippen LogP) is 3.87. The highest BCUT2D eigenvalue weighted by atomic mass is 79.9. The Morgan fingerprint density at radius 3 is 2.56 bits per heavy atom. The third-order valence-corrected chi connectivity index (χ3v) is 3.61. The van der Waals surface area contributed by atoms with Crippen LogP contribution in [0.15, 0.2) is 53.0 Å². The molecule has 2 nitrogen and oxygen atoms in total. The lowest BCUT2D eigenvalue weighted by atomic mass is 10.1. The van der Waals surface area contributed by atoms with E-state index >= 15 is 0 Å². The van der Waals surface area contributed by atoms with Crippen LogP contribution in [-0.4, -0.2) is 11.7 Å². The average molecular weight is 307 g/mol. The van der Waals surface area contributed by atoms with E-state index in [1.165, 1.54) is 0 Å². The van der Waals surface area contributed by atoms with Gasteiger partial charge in [-0.25, -0.2) is 0 Å². The molecule has 0 bridgehead atoms. The Balaban J connectivity index is 1.97. The molecule has 2 aromatic rings. The number of aryl methyl sites for hydroxylation is 1. The maximum Gasteiger partial charge on any atom is 0.119 e. The molecule has 0 aliphatic rings. The summed E-state index contributed by atoms with van der Waals surface area (Å²) >= 11 is 3.44.